The van der Waals surface area contributed by atoms with E-state index in [2.05, 4.69) is 0 Å². The number of aryl methyl sites for hydroxylation is 1. The SMILES string of the molecule is Cc1ccc(CC(=O)N2C(C)OCC2(C)C)cc1. The van der Waals surface area contributed by atoms with Crippen molar-refractivity contribution in [1.82, 2.24) is 4.90 Å². The molecule has 0 aliphatic carbocycles. The van der Waals surface area contributed by atoms with Gasteiger partial charge in [-0.3, -0.25) is 4.79 Å². The van der Waals surface area contributed by atoms with E-state index in [9.17, 15) is 4.79 Å². The summed E-state index contributed by atoms with van der Waals surface area (Å²) in [5.41, 5.74) is 2.06. The third-order valence-corrected chi connectivity index (χ3v) is 3.44. The maximum absolute atomic E-state index is 12.4. The second-order valence-corrected chi connectivity index (χ2v) is 5.65. The molecule has 1 aliphatic heterocycles. The molecule has 1 fully saturated rings. The van der Waals surface area contributed by atoms with E-state index in [1.807, 2.05) is 56.9 Å². The van der Waals surface area contributed by atoms with E-state index in [0.29, 0.717) is 13.0 Å². The highest BCUT2D eigenvalue weighted by atomic mass is 16.5. The van der Waals surface area contributed by atoms with Crippen molar-refractivity contribution in [3.8, 4) is 0 Å². The minimum absolute atomic E-state index is 0.127. The molecule has 0 N–H and O–H groups in total. The van der Waals surface area contributed by atoms with Gasteiger partial charge in [-0.05, 0) is 33.3 Å². The van der Waals surface area contributed by atoms with Gasteiger partial charge in [0.2, 0.25) is 5.91 Å². The van der Waals surface area contributed by atoms with E-state index in [0.717, 1.165) is 5.56 Å². The van der Waals surface area contributed by atoms with Crippen LogP contribution in [0.4, 0.5) is 0 Å². The third-order valence-electron chi connectivity index (χ3n) is 3.44. The molecule has 0 aromatic heterocycles. The number of hydrogen-bond donors (Lipinski definition) is 0. The zero-order chi connectivity index (χ0) is 13.3. The summed E-state index contributed by atoms with van der Waals surface area (Å²) in [5, 5.41) is 0. The molecule has 1 unspecified atom stereocenters. The lowest BCUT2D eigenvalue weighted by atomic mass is 10.0. The number of carbonyl (C=O) groups is 1. The Labute approximate surface area is 109 Å². The first-order valence-corrected chi connectivity index (χ1v) is 6.39. The number of carbonyl (C=O) groups excluding carboxylic acids is 1. The lowest BCUT2D eigenvalue weighted by Crippen LogP contribution is -2.48. The first kappa shape index (κ1) is 13.1. The maximum atomic E-state index is 12.4. The number of amides is 1. The Morgan fingerprint density at radius 3 is 2.50 bits per heavy atom. The van der Waals surface area contributed by atoms with Crippen LogP contribution in [0.3, 0.4) is 0 Å². The number of rotatable bonds is 2. The Morgan fingerprint density at radius 2 is 2.00 bits per heavy atom. The number of nitrogens with zero attached hydrogens (tertiary/aromatic N) is 1. The maximum Gasteiger partial charge on any atom is 0.229 e. The summed E-state index contributed by atoms with van der Waals surface area (Å²) in [7, 11) is 0. The van der Waals surface area contributed by atoms with Gasteiger partial charge in [-0.2, -0.15) is 0 Å². The molecule has 3 nitrogen and oxygen atoms in total. The smallest absolute Gasteiger partial charge is 0.229 e. The van der Waals surface area contributed by atoms with E-state index in [4.69, 9.17) is 4.74 Å². The summed E-state index contributed by atoms with van der Waals surface area (Å²) in [6.45, 7) is 8.67. The van der Waals surface area contributed by atoms with Crippen LogP contribution >= 0.6 is 0 Å². The van der Waals surface area contributed by atoms with E-state index in [1.165, 1.54) is 5.56 Å². The zero-order valence-electron chi connectivity index (χ0n) is 11.6. The van der Waals surface area contributed by atoms with Gasteiger partial charge in [0.05, 0.1) is 18.6 Å². The van der Waals surface area contributed by atoms with Crippen LogP contribution < -0.4 is 0 Å². The van der Waals surface area contributed by atoms with Crippen LogP contribution in [-0.4, -0.2) is 29.2 Å². The minimum atomic E-state index is -0.207. The molecule has 0 bridgehead atoms. The molecule has 1 aromatic carbocycles. The Bertz CT molecular complexity index is 436. The summed E-state index contributed by atoms with van der Waals surface area (Å²) in [5.74, 6) is 0.133. The monoisotopic (exact) mass is 247 g/mol. The molecule has 2 rings (SSSR count). The molecular formula is C15H21NO2. The number of hydrogen-bond acceptors (Lipinski definition) is 2. The fraction of sp³-hybridized carbons (Fsp3) is 0.533. The Hall–Kier alpha value is -1.35. The molecule has 0 spiro atoms. The van der Waals surface area contributed by atoms with Gasteiger partial charge in [0.1, 0.15) is 6.23 Å². The highest BCUT2D eigenvalue weighted by molar-refractivity contribution is 5.80. The molecule has 1 aromatic rings. The van der Waals surface area contributed by atoms with Crippen LogP contribution in [0.25, 0.3) is 0 Å². The van der Waals surface area contributed by atoms with Gasteiger partial charge in [-0.25, -0.2) is 0 Å². The molecule has 1 heterocycles. The van der Waals surface area contributed by atoms with Crippen LogP contribution in [0.2, 0.25) is 0 Å². The van der Waals surface area contributed by atoms with E-state index >= 15 is 0 Å². The van der Waals surface area contributed by atoms with Crippen LogP contribution in [-0.2, 0) is 16.0 Å². The molecule has 18 heavy (non-hydrogen) atoms. The lowest BCUT2D eigenvalue weighted by molar-refractivity contribution is -0.138. The normalized spacial score (nSPS) is 22.2. The minimum Gasteiger partial charge on any atom is -0.356 e. The van der Waals surface area contributed by atoms with Gasteiger partial charge in [-0.1, -0.05) is 29.8 Å². The summed E-state index contributed by atoms with van der Waals surface area (Å²) >= 11 is 0. The van der Waals surface area contributed by atoms with E-state index in [-0.39, 0.29) is 17.7 Å². The molecule has 1 amide bonds. The van der Waals surface area contributed by atoms with Crippen LogP contribution in [0.15, 0.2) is 24.3 Å². The molecule has 0 radical (unpaired) electrons. The summed E-state index contributed by atoms with van der Waals surface area (Å²) in [6.07, 6.45) is 0.315. The first-order valence-electron chi connectivity index (χ1n) is 6.39. The van der Waals surface area contributed by atoms with Crippen molar-refractivity contribution < 1.29 is 9.53 Å². The van der Waals surface area contributed by atoms with Crippen LogP contribution in [0.1, 0.15) is 31.9 Å². The van der Waals surface area contributed by atoms with Gasteiger partial charge >= 0.3 is 0 Å². The number of benzene rings is 1. The van der Waals surface area contributed by atoms with Crippen molar-refractivity contribution in [1.29, 1.82) is 0 Å². The fourth-order valence-corrected chi connectivity index (χ4v) is 2.47. The topological polar surface area (TPSA) is 29.5 Å². The molecule has 1 atom stereocenters. The molecule has 1 aliphatic rings. The lowest BCUT2D eigenvalue weighted by Gasteiger charge is -2.32. The van der Waals surface area contributed by atoms with Gasteiger partial charge in [0.25, 0.3) is 0 Å². The van der Waals surface area contributed by atoms with Crippen molar-refractivity contribution in [3.63, 3.8) is 0 Å². The van der Waals surface area contributed by atoms with Crippen LogP contribution in [0.5, 0.6) is 0 Å². The largest absolute Gasteiger partial charge is 0.356 e. The quantitative estimate of drug-likeness (QED) is 0.803. The van der Waals surface area contributed by atoms with Crippen molar-refractivity contribution >= 4 is 5.91 Å². The molecule has 1 saturated heterocycles. The third kappa shape index (κ3) is 2.56. The van der Waals surface area contributed by atoms with E-state index < -0.39 is 0 Å². The standard InChI is InChI=1S/C15H21NO2/c1-11-5-7-13(8-6-11)9-14(17)16-12(2)18-10-15(16,3)4/h5-8,12H,9-10H2,1-4H3. The van der Waals surface area contributed by atoms with Crippen LogP contribution in [0, 0.1) is 6.92 Å². The highest BCUT2D eigenvalue weighted by Crippen LogP contribution is 2.27. The predicted octanol–water partition coefficient (Wildman–Crippen LogP) is 2.52. The van der Waals surface area contributed by atoms with Crippen molar-refractivity contribution in [3.05, 3.63) is 35.4 Å². The predicted molar refractivity (Wildman–Crippen MR) is 71.2 cm³/mol. The average Bonchev–Trinajstić information content (AvgIpc) is 2.56. The fourth-order valence-electron chi connectivity index (χ4n) is 2.47. The molecule has 3 heteroatoms. The van der Waals surface area contributed by atoms with Gasteiger partial charge in [0.15, 0.2) is 0 Å². The zero-order valence-corrected chi connectivity index (χ0v) is 11.6. The Balaban J connectivity index is 2.10. The molecule has 98 valence electrons. The number of ether oxygens (including phenoxy) is 1. The summed E-state index contributed by atoms with van der Waals surface area (Å²) in [6, 6.07) is 8.11. The second kappa shape index (κ2) is 4.73. The van der Waals surface area contributed by atoms with Gasteiger partial charge < -0.3 is 9.64 Å². The van der Waals surface area contributed by atoms with Crippen molar-refractivity contribution in [2.45, 2.75) is 45.9 Å². The summed E-state index contributed by atoms with van der Waals surface area (Å²) < 4.78 is 5.56. The Kier molecular flexibility index (Phi) is 3.44. The van der Waals surface area contributed by atoms with Crippen molar-refractivity contribution in [2.24, 2.45) is 0 Å². The Morgan fingerprint density at radius 1 is 1.39 bits per heavy atom. The average molecular weight is 247 g/mol. The van der Waals surface area contributed by atoms with E-state index in [1.54, 1.807) is 0 Å². The second-order valence-electron chi connectivity index (χ2n) is 5.65. The highest BCUT2D eigenvalue weighted by Gasteiger charge is 2.40. The van der Waals surface area contributed by atoms with Crippen molar-refractivity contribution in [2.75, 3.05) is 6.61 Å². The molecular weight excluding hydrogens is 226 g/mol. The first-order chi connectivity index (χ1) is 8.40. The summed E-state index contributed by atoms with van der Waals surface area (Å²) in [4.78, 5) is 14.2. The molecule has 0 saturated carbocycles. The van der Waals surface area contributed by atoms with Gasteiger partial charge in [-0.15, -0.1) is 0 Å². The van der Waals surface area contributed by atoms with Gasteiger partial charge in [0, 0.05) is 0 Å².